The molecule has 7 N–H and O–H groups in total. The zero-order valence-electron chi connectivity index (χ0n) is 20.0. The van der Waals surface area contributed by atoms with Crippen LogP contribution in [0.25, 0.3) is 0 Å². The number of hydrogen-bond acceptors (Lipinski definition) is 7. The number of hydrogen-bond donors (Lipinski definition) is 6. The lowest BCUT2D eigenvalue weighted by molar-refractivity contribution is -0.138. The Morgan fingerprint density at radius 2 is 1.47 bits per heavy atom. The van der Waals surface area contributed by atoms with Crippen LogP contribution in [0, 0.1) is 0 Å². The monoisotopic (exact) mass is 516 g/mol. The van der Waals surface area contributed by atoms with Gasteiger partial charge >= 0.3 is 5.97 Å². The third-order valence-corrected chi connectivity index (χ3v) is 5.95. The number of carboxylic acids is 1. The first-order valence-electron chi connectivity index (χ1n) is 11.4. The van der Waals surface area contributed by atoms with Gasteiger partial charge in [0.1, 0.15) is 24.4 Å². The molecule has 11 heteroatoms. The Balaban J connectivity index is 2.14. The molecule has 0 saturated carbocycles. The normalized spacial score (nSPS) is 13.2. The van der Waals surface area contributed by atoms with Gasteiger partial charge in [0.2, 0.25) is 17.7 Å². The molecular formula is C25H32N4O6S. The molecule has 0 fully saturated rings. The summed E-state index contributed by atoms with van der Waals surface area (Å²) in [4.78, 5) is 49.4. The molecule has 3 amide bonds. The van der Waals surface area contributed by atoms with Gasteiger partial charge in [-0.1, -0.05) is 42.5 Å². The number of carbonyl (C=O) groups is 4. The lowest BCUT2D eigenvalue weighted by Gasteiger charge is -2.24. The van der Waals surface area contributed by atoms with Gasteiger partial charge in [0, 0.05) is 6.42 Å². The highest BCUT2D eigenvalue weighted by Gasteiger charge is 2.28. The largest absolute Gasteiger partial charge is 0.508 e. The molecule has 2 aromatic carbocycles. The molecule has 0 spiro atoms. The summed E-state index contributed by atoms with van der Waals surface area (Å²) in [5.41, 5.74) is 7.62. The van der Waals surface area contributed by atoms with E-state index >= 15 is 0 Å². The van der Waals surface area contributed by atoms with E-state index in [1.807, 2.05) is 36.6 Å². The number of nitrogens with two attached hydrogens (primary N) is 1. The van der Waals surface area contributed by atoms with Crippen molar-refractivity contribution in [2.75, 3.05) is 18.6 Å². The minimum Gasteiger partial charge on any atom is -0.508 e. The minimum atomic E-state index is -1.20. The molecular weight excluding hydrogens is 484 g/mol. The number of phenolic OH excluding ortho intramolecular Hbond substituents is 1. The number of benzene rings is 2. The fraction of sp³-hybridized carbons (Fsp3) is 0.360. The van der Waals surface area contributed by atoms with Crippen LogP contribution in [0.3, 0.4) is 0 Å². The van der Waals surface area contributed by atoms with E-state index < -0.39 is 48.4 Å². The van der Waals surface area contributed by atoms with Crippen LogP contribution in [0.2, 0.25) is 0 Å². The van der Waals surface area contributed by atoms with Crippen LogP contribution < -0.4 is 21.7 Å². The van der Waals surface area contributed by atoms with E-state index in [0.717, 1.165) is 11.1 Å². The summed E-state index contributed by atoms with van der Waals surface area (Å²) in [5.74, 6) is -2.29. The second kappa shape index (κ2) is 14.7. The maximum Gasteiger partial charge on any atom is 0.322 e. The van der Waals surface area contributed by atoms with E-state index in [0.29, 0.717) is 5.75 Å². The highest BCUT2D eigenvalue weighted by atomic mass is 32.2. The van der Waals surface area contributed by atoms with Crippen LogP contribution in [-0.4, -0.2) is 70.6 Å². The summed E-state index contributed by atoms with van der Waals surface area (Å²) >= 11 is 1.48. The number of rotatable bonds is 14. The molecule has 194 valence electrons. The lowest BCUT2D eigenvalue weighted by atomic mass is 10.0. The number of aliphatic carboxylic acids is 1. The average molecular weight is 517 g/mol. The smallest absolute Gasteiger partial charge is 0.322 e. The molecule has 0 bridgehead atoms. The average Bonchev–Trinajstić information content (AvgIpc) is 2.86. The molecule has 0 aliphatic rings. The summed E-state index contributed by atoms with van der Waals surface area (Å²) in [6, 6.07) is 12.4. The molecule has 0 aliphatic carbocycles. The van der Waals surface area contributed by atoms with Crippen LogP contribution in [0.1, 0.15) is 17.5 Å². The van der Waals surface area contributed by atoms with Crippen molar-refractivity contribution >= 4 is 35.5 Å². The topological polar surface area (TPSA) is 171 Å². The van der Waals surface area contributed by atoms with Crippen molar-refractivity contribution in [2.45, 2.75) is 37.4 Å². The van der Waals surface area contributed by atoms with Gasteiger partial charge in [-0.2, -0.15) is 11.8 Å². The standard InChI is InChI=1S/C25H32N4O6S/c1-36-12-11-20(24(34)27-15-22(31)32)28-25(35)21(14-16-5-3-2-4-6-16)29-23(33)19(26)13-17-7-9-18(30)10-8-17/h2-10,19-21,30H,11-15,26H2,1H3,(H,27,34)(H,28,35)(H,29,33)(H,31,32). The summed E-state index contributed by atoms with van der Waals surface area (Å²) < 4.78 is 0. The van der Waals surface area contributed by atoms with E-state index in [1.54, 1.807) is 12.1 Å². The van der Waals surface area contributed by atoms with E-state index in [4.69, 9.17) is 10.8 Å². The maximum atomic E-state index is 13.2. The maximum absolute atomic E-state index is 13.2. The molecule has 0 radical (unpaired) electrons. The van der Waals surface area contributed by atoms with Gasteiger partial charge in [-0.15, -0.1) is 0 Å². The zero-order chi connectivity index (χ0) is 26.5. The van der Waals surface area contributed by atoms with Crippen LogP contribution >= 0.6 is 11.8 Å². The molecule has 0 aliphatic heterocycles. The highest BCUT2D eigenvalue weighted by molar-refractivity contribution is 7.98. The SMILES string of the molecule is CSCCC(NC(=O)C(Cc1ccccc1)NC(=O)C(N)Cc1ccc(O)cc1)C(=O)NCC(=O)O. The van der Waals surface area contributed by atoms with Crippen LogP contribution in [0.5, 0.6) is 5.75 Å². The second-order valence-corrected chi connectivity index (χ2v) is 9.17. The summed E-state index contributed by atoms with van der Waals surface area (Å²) in [5, 5.41) is 25.9. The molecule has 0 aromatic heterocycles. The fourth-order valence-corrected chi connectivity index (χ4v) is 3.85. The number of thioether (sulfide) groups is 1. The van der Waals surface area contributed by atoms with Gasteiger partial charge in [0.25, 0.3) is 0 Å². The van der Waals surface area contributed by atoms with Crippen molar-refractivity contribution in [1.82, 2.24) is 16.0 Å². The molecule has 2 aromatic rings. The summed E-state index contributed by atoms with van der Waals surface area (Å²) in [7, 11) is 0. The van der Waals surface area contributed by atoms with Gasteiger partial charge in [-0.25, -0.2) is 0 Å². The Bertz CT molecular complexity index is 1020. The van der Waals surface area contributed by atoms with Gasteiger partial charge in [-0.3, -0.25) is 19.2 Å². The van der Waals surface area contributed by atoms with Crippen molar-refractivity contribution < 1.29 is 29.4 Å². The minimum absolute atomic E-state index is 0.0970. The van der Waals surface area contributed by atoms with Gasteiger partial charge in [-0.05, 0) is 48.1 Å². The molecule has 3 unspecified atom stereocenters. The van der Waals surface area contributed by atoms with E-state index in [2.05, 4.69) is 16.0 Å². The summed E-state index contributed by atoms with van der Waals surface area (Å²) in [6.45, 7) is -0.569. The third kappa shape index (κ3) is 9.96. The quantitative estimate of drug-likeness (QED) is 0.210. The fourth-order valence-electron chi connectivity index (χ4n) is 3.38. The number of amides is 3. The van der Waals surface area contributed by atoms with Gasteiger partial charge in [0.15, 0.2) is 0 Å². The van der Waals surface area contributed by atoms with Crippen LogP contribution in [-0.2, 0) is 32.0 Å². The number of nitrogens with one attached hydrogen (secondary N) is 3. The Morgan fingerprint density at radius 3 is 2.08 bits per heavy atom. The number of aromatic hydroxyl groups is 1. The number of phenols is 1. The van der Waals surface area contributed by atoms with Crippen molar-refractivity contribution in [2.24, 2.45) is 5.73 Å². The first-order chi connectivity index (χ1) is 17.2. The zero-order valence-corrected chi connectivity index (χ0v) is 20.8. The Hall–Kier alpha value is -3.57. The van der Waals surface area contributed by atoms with Crippen molar-refractivity contribution in [3.63, 3.8) is 0 Å². The van der Waals surface area contributed by atoms with Crippen molar-refractivity contribution in [3.05, 3.63) is 65.7 Å². The first kappa shape index (κ1) is 28.7. The van der Waals surface area contributed by atoms with Gasteiger partial charge < -0.3 is 31.9 Å². The predicted molar refractivity (Wildman–Crippen MR) is 137 cm³/mol. The predicted octanol–water partition coefficient (Wildman–Crippen LogP) is 0.428. The van der Waals surface area contributed by atoms with E-state index in [9.17, 15) is 24.3 Å². The lowest BCUT2D eigenvalue weighted by Crippen LogP contribution is -2.57. The second-order valence-electron chi connectivity index (χ2n) is 8.18. The van der Waals surface area contributed by atoms with Crippen molar-refractivity contribution in [3.8, 4) is 5.75 Å². The molecule has 10 nitrogen and oxygen atoms in total. The molecule has 2 rings (SSSR count). The Labute approximate surface area is 214 Å². The number of carbonyl (C=O) groups excluding carboxylic acids is 3. The molecule has 3 atom stereocenters. The van der Waals surface area contributed by atoms with Crippen LogP contribution in [0.15, 0.2) is 54.6 Å². The van der Waals surface area contributed by atoms with Crippen molar-refractivity contribution in [1.29, 1.82) is 0 Å². The molecule has 0 heterocycles. The highest BCUT2D eigenvalue weighted by Crippen LogP contribution is 2.11. The molecule has 36 heavy (non-hydrogen) atoms. The Kier molecular flexibility index (Phi) is 11.7. The first-order valence-corrected chi connectivity index (χ1v) is 12.8. The summed E-state index contributed by atoms with van der Waals surface area (Å²) in [6.07, 6.45) is 2.49. The Morgan fingerprint density at radius 1 is 0.861 bits per heavy atom. The van der Waals surface area contributed by atoms with Gasteiger partial charge in [0.05, 0.1) is 6.04 Å². The van der Waals surface area contributed by atoms with E-state index in [-0.39, 0.29) is 25.0 Å². The third-order valence-electron chi connectivity index (χ3n) is 5.30. The van der Waals surface area contributed by atoms with E-state index in [1.165, 1.54) is 23.9 Å². The molecule has 0 saturated heterocycles. The number of carboxylic acid groups (broad SMARTS) is 1. The van der Waals surface area contributed by atoms with Crippen LogP contribution in [0.4, 0.5) is 0 Å².